The highest BCUT2D eigenvalue weighted by molar-refractivity contribution is 6.58. The molecule has 1 aliphatic heterocycles. The average molecular weight is 573 g/mol. The fourth-order valence-corrected chi connectivity index (χ4v) is 6.61. The zero-order chi connectivity index (χ0) is 30.1. The fraction of sp³-hybridized carbons (Fsp3) is 0.767. The minimum atomic E-state index is -1.32. The molecule has 0 unspecified atom stereocenters. The van der Waals surface area contributed by atoms with Crippen molar-refractivity contribution in [2.24, 2.45) is 0 Å². The van der Waals surface area contributed by atoms with E-state index in [1.165, 1.54) is 0 Å². The van der Waals surface area contributed by atoms with Gasteiger partial charge in [-0.2, -0.15) is 0 Å². The highest BCUT2D eigenvalue weighted by atomic mass is 28.3. The Kier molecular flexibility index (Phi) is 9.79. The molecule has 0 saturated carbocycles. The van der Waals surface area contributed by atoms with E-state index >= 15 is 0 Å². The van der Waals surface area contributed by atoms with Crippen LogP contribution >= 0.6 is 0 Å². The second-order valence-corrected chi connectivity index (χ2v) is 16.5. The summed E-state index contributed by atoms with van der Waals surface area (Å²) in [6.07, 6.45) is 3.36. The van der Waals surface area contributed by atoms with Crippen LogP contribution in [-0.4, -0.2) is 70.0 Å². The van der Waals surface area contributed by atoms with E-state index in [0.717, 1.165) is 19.3 Å². The van der Waals surface area contributed by atoms with E-state index in [2.05, 4.69) is 83.4 Å². The Morgan fingerprint density at radius 1 is 1.02 bits per heavy atom. The summed E-state index contributed by atoms with van der Waals surface area (Å²) in [4.78, 5) is 13.9. The molecule has 0 aromatic carbocycles. The molecule has 0 aliphatic carbocycles. The van der Waals surface area contributed by atoms with E-state index in [1.54, 1.807) is 6.33 Å². The Labute approximate surface area is 242 Å². The molecule has 1 radical (unpaired) electrons. The van der Waals surface area contributed by atoms with Gasteiger partial charge in [-0.15, -0.1) is 0 Å². The van der Waals surface area contributed by atoms with Gasteiger partial charge in [-0.05, 0) is 74.7 Å². The molecule has 0 amide bonds. The number of nitrogens with two attached hydrogens (primary N) is 1. The lowest BCUT2D eigenvalue weighted by molar-refractivity contribution is -0.174. The minimum Gasteiger partial charge on any atom is -0.382 e. The predicted octanol–water partition coefficient (Wildman–Crippen LogP) is 5.48. The lowest BCUT2D eigenvalue weighted by Gasteiger charge is -2.42. The van der Waals surface area contributed by atoms with E-state index in [0.29, 0.717) is 29.4 Å². The zero-order valence-electron chi connectivity index (χ0n) is 26.6. The summed E-state index contributed by atoms with van der Waals surface area (Å²) in [6, 6.07) is 0. The van der Waals surface area contributed by atoms with Crippen LogP contribution in [-0.2, 0) is 24.3 Å². The summed E-state index contributed by atoms with van der Waals surface area (Å²) in [7, 11) is -1.32. The highest BCUT2D eigenvalue weighted by Gasteiger charge is 2.62. The van der Waals surface area contributed by atoms with Gasteiger partial charge >= 0.3 is 0 Å². The van der Waals surface area contributed by atoms with Crippen molar-refractivity contribution in [1.82, 2.24) is 19.5 Å². The first kappa shape index (κ1) is 32.5. The van der Waals surface area contributed by atoms with Gasteiger partial charge in [-0.25, -0.2) is 15.0 Å². The highest BCUT2D eigenvalue weighted by Crippen LogP contribution is 2.45. The number of rotatable bonds is 8. The molecule has 2 N–H and O–H groups in total. The Hall–Kier alpha value is -2.03. The molecule has 1 aliphatic rings. The molecule has 2 aromatic rings. The Bertz CT molecular complexity index is 1220. The maximum absolute atomic E-state index is 7.12. The van der Waals surface area contributed by atoms with Crippen LogP contribution in [0.3, 0.4) is 0 Å². The van der Waals surface area contributed by atoms with Crippen molar-refractivity contribution in [3.63, 3.8) is 0 Å². The first-order chi connectivity index (χ1) is 18.4. The van der Waals surface area contributed by atoms with Gasteiger partial charge in [-0.3, -0.25) is 4.57 Å². The number of imidazole rings is 1. The molecule has 1 fully saturated rings. The van der Waals surface area contributed by atoms with Crippen molar-refractivity contribution in [2.45, 2.75) is 142 Å². The standard InChI is InChI=1S/C30H50N5O4Si/c1-13-14-15-16-17-21-33-25(31)22-26(34-21)35(19-32-22)30(40(11)12)24(39-29(8,9)10)23(38-28(5,6)7)20(37-30)18-36-27(2,3)4/h19-20,23-24H,13-15,18H2,1-12H3,(H2,31,33,34)/t20-,23-,24-,30-/m1/s1. The molecule has 3 heterocycles. The summed E-state index contributed by atoms with van der Waals surface area (Å²) in [5.74, 6) is 6.94. The Balaban J connectivity index is 2.25. The van der Waals surface area contributed by atoms with E-state index in [9.17, 15) is 0 Å². The number of hydrogen-bond donors (Lipinski definition) is 1. The predicted molar refractivity (Wildman–Crippen MR) is 161 cm³/mol. The molecule has 0 spiro atoms. The number of anilines is 1. The number of aromatic nitrogens is 4. The number of nitrogens with zero attached hydrogens (tertiary/aromatic N) is 4. The normalized spacial score (nSPS) is 24.1. The third kappa shape index (κ3) is 7.62. The molecule has 0 bridgehead atoms. The zero-order valence-corrected chi connectivity index (χ0v) is 27.6. The van der Waals surface area contributed by atoms with Gasteiger partial charge < -0.3 is 24.7 Å². The van der Waals surface area contributed by atoms with E-state index in [1.807, 2.05) is 25.3 Å². The van der Waals surface area contributed by atoms with Gasteiger partial charge in [0.2, 0.25) is 5.82 Å². The van der Waals surface area contributed by atoms with Gasteiger partial charge in [0, 0.05) is 6.42 Å². The van der Waals surface area contributed by atoms with Gasteiger partial charge in [0.15, 0.2) is 16.8 Å². The first-order valence-electron chi connectivity index (χ1n) is 14.4. The minimum absolute atomic E-state index is 0.293. The number of nitrogen functional groups attached to an aromatic ring is 1. The molecular weight excluding hydrogens is 522 g/mol. The number of unbranched alkanes of at least 4 members (excludes halogenated alkanes) is 2. The summed E-state index contributed by atoms with van der Waals surface area (Å²) in [5.41, 5.74) is 6.22. The first-order valence-corrected chi connectivity index (χ1v) is 16.9. The third-order valence-corrected chi connectivity index (χ3v) is 8.46. The van der Waals surface area contributed by atoms with Crippen LogP contribution in [0.4, 0.5) is 5.82 Å². The maximum Gasteiger partial charge on any atom is 0.208 e. The maximum atomic E-state index is 7.12. The van der Waals surface area contributed by atoms with Crippen molar-refractivity contribution in [3.8, 4) is 11.8 Å². The Morgan fingerprint density at radius 2 is 1.68 bits per heavy atom. The summed E-state index contributed by atoms with van der Waals surface area (Å²) in [5, 5.41) is -0.928. The number of hydrogen-bond acceptors (Lipinski definition) is 8. The summed E-state index contributed by atoms with van der Waals surface area (Å²) >= 11 is 0. The number of fused-ring (bicyclic) bond motifs is 1. The van der Waals surface area contributed by atoms with E-state index in [4.69, 9.17) is 29.7 Å². The van der Waals surface area contributed by atoms with Gasteiger partial charge in [0.1, 0.15) is 32.6 Å². The van der Waals surface area contributed by atoms with Crippen LogP contribution in [0.5, 0.6) is 0 Å². The van der Waals surface area contributed by atoms with Crippen LogP contribution < -0.4 is 5.73 Å². The van der Waals surface area contributed by atoms with E-state index < -0.39 is 43.7 Å². The second-order valence-electron chi connectivity index (χ2n) is 13.7. The lowest BCUT2D eigenvalue weighted by atomic mass is 10.1. The van der Waals surface area contributed by atoms with Crippen LogP contribution in [0.2, 0.25) is 13.1 Å². The van der Waals surface area contributed by atoms with Crippen LogP contribution in [0.25, 0.3) is 11.2 Å². The third-order valence-electron chi connectivity index (χ3n) is 6.39. The monoisotopic (exact) mass is 572 g/mol. The van der Waals surface area contributed by atoms with Crippen molar-refractivity contribution < 1.29 is 18.9 Å². The Morgan fingerprint density at radius 3 is 2.23 bits per heavy atom. The van der Waals surface area contributed by atoms with Gasteiger partial charge in [0.25, 0.3) is 0 Å². The van der Waals surface area contributed by atoms with Crippen LogP contribution in [0.15, 0.2) is 6.33 Å². The van der Waals surface area contributed by atoms with Crippen LogP contribution in [0, 0.1) is 11.8 Å². The molecule has 3 rings (SSSR count). The van der Waals surface area contributed by atoms with Crippen molar-refractivity contribution in [3.05, 3.63) is 12.2 Å². The number of ether oxygens (including phenoxy) is 4. The average Bonchev–Trinajstić information content (AvgIpc) is 3.34. The topological polar surface area (TPSA) is 107 Å². The fourth-order valence-electron chi connectivity index (χ4n) is 4.78. The molecule has 223 valence electrons. The van der Waals surface area contributed by atoms with E-state index in [-0.39, 0.29) is 5.60 Å². The molecule has 2 aromatic heterocycles. The van der Waals surface area contributed by atoms with Crippen molar-refractivity contribution in [2.75, 3.05) is 12.3 Å². The summed E-state index contributed by atoms with van der Waals surface area (Å²) in [6.45, 7) is 25.4. The van der Waals surface area contributed by atoms with Gasteiger partial charge in [0.05, 0.1) is 29.7 Å². The lowest BCUT2D eigenvalue weighted by Crippen LogP contribution is -2.58. The molecule has 10 heteroatoms. The smallest absolute Gasteiger partial charge is 0.208 e. The quantitative estimate of drug-likeness (QED) is 0.252. The van der Waals surface area contributed by atoms with Crippen molar-refractivity contribution in [1.29, 1.82) is 0 Å². The largest absolute Gasteiger partial charge is 0.382 e. The molecule has 4 atom stereocenters. The molecule has 9 nitrogen and oxygen atoms in total. The molecular formula is C30H50N5O4Si. The van der Waals surface area contributed by atoms with Gasteiger partial charge in [-0.1, -0.05) is 32.4 Å². The van der Waals surface area contributed by atoms with Crippen LogP contribution in [0.1, 0.15) is 94.3 Å². The SMILES string of the molecule is CCCCC#Cc1nc(N)c2ncn([C@@]3([Si](C)C)O[C@H](COC(C)(C)C)[C@@H](OC(C)(C)C)[C@H]3OC(C)(C)C)c2n1. The molecule has 1 saturated heterocycles. The second kappa shape index (κ2) is 12.1. The van der Waals surface area contributed by atoms with Crippen molar-refractivity contribution >= 4 is 25.8 Å². The molecule has 40 heavy (non-hydrogen) atoms. The summed E-state index contributed by atoms with van der Waals surface area (Å²) < 4.78 is 29.0.